The Morgan fingerprint density at radius 1 is 1.00 bits per heavy atom. The van der Waals surface area contributed by atoms with Gasteiger partial charge in [-0.1, -0.05) is 23.7 Å². The first-order chi connectivity index (χ1) is 10.6. The molecule has 114 valence electrons. The Labute approximate surface area is 133 Å². The number of carbonyl (C=O) groups is 2. The molecule has 4 nitrogen and oxygen atoms in total. The van der Waals surface area contributed by atoms with Gasteiger partial charge in [-0.25, -0.2) is 0 Å². The lowest BCUT2D eigenvalue weighted by molar-refractivity contribution is -0.141. The van der Waals surface area contributed by atoms with Gasteiger partial charge in [-0.05, 0) is 42.0 Å². The Balaban J connectivity index is 1.84. The molecule has 0 atom stereocenters. The van der Waals surface area contributed by atoms with E-state index in [1.807, 2.05) is 0 Å². The summed E-state index contributed by atoms with van der Waals surface area (Å²) in [7, 11) is 1.58. The summed E-state index contributed by atoms with van der Waals surface area (Å²) in [5.74, 6) is 0.00209. The zero-order valence-corrected chi connectivity index (χ0v) is 12.8. The molecule has 2 aromatic rings. The molecule has 0 saturated carbocycles. The van der Waals surface area contributed by atoms with E-state index in [0.29, 0.717) is 10.6 Å². The van der Waals surface area contributed by atoms with E-state index in [2.05, 4.69) is 0 Å². The van der Waals surface area contributed by atoms with Gasteiger partial charge in [0.05, 0.1) is 13.5 Å². The summed E-state index contributed by atoms with van der Waals surface area (Å²) in [5.41, 5.74) is 1.26. The number of hydrogen-bond acceptors (Lipinski definition) is 4. The number of hydrogen-bond donors (Lipinski definition) is 0. The molecule has 0 aliphatic carbocycles. The van der Waals surface area contributed by atoms with Crippen LogP contribution in [0.15, 0.2) is 48.5 Å². The summed E-state index contributed by atoms with van der Waals surface area (Å²) in [6, 6.07) is 13.5. The highest BCUT2D eigenvalue weighted by molar-refractivity contribution is 6.30. The fraction of sp³-hybridized carbons (Fsp3) is 0.176. The fourth-order valence-electron chi connectivity index (χ4n) is 1.83. The molecule has 0 heterocycles. The summed E-state index contributed by atoms with van der Waals surface area (Å²) in [4.78, 5) is 23.6. The van der Waals surface area contributed by atoms with E-state index in [1.165, 1.54) is 0 Å². The van der Waals surface area contributed by atoms with Crippen LogP contribution in [0.5, 0.6) is 5.75 Å². The molecule has 5 heteroatoms. The maximum atomic E-state index is 11.9. The van der Waals surface area contributed by atoms with Crippen LogP contribution in [-0.2, 0) is 16.0 Å². The second-order valence-corrected chi connectivity index (χ2v) is 5.05. The van der Waals surface area contributed by atoms with Crippen molar-refractivity contribution in [3.63, 3.8) is 0 Å². The predicted octanol–water partition coefficient (Wildman–Crippen LogP) is 3.32. The van der Waals surface area contributed by atoms with Crippen molar-refractivity contribution >= 4 is 23.4 Å². The molecule has 2 aromatic carbocycles. The van der Waals surface area contributed by atoms with E-state index in [0.717, 1.165) is 11.3 Å². The minimum absolute atomic E-state index is 0.109. The van der Waals surface area contributed by atoms with Crippen molar-refractivity contribution in [2.24, 2.45) is 0 Å². The maximum Gasteiger partial charge on any atom is 0.310 e. The summed E-state index contributed by atoms with van der Waals surface area (Å²) in [6.07, 6.45) is 0.109. The average Bonchev–Trinajstić information content (AvgIpc) is 2.54. The fourth-order valence-corrected chi connectivity index (χ4v) is 1.95. The molecule has 2 rings (SSSR count). The molecule has 0 radical (unpaired) electrons. The first-order valence-electron chi connectivity index (χ1n) is 6.66. The van der Waals surface area contributed by atoms with Crippen LogP contribution < -0.4 is 4.74 Å². The van der Waals surface area contributed by atoms with Gasteiger partial charge in [0.25, 0.3) is 0 Å². The molecular formula is C17H15ClO4. The SMILES string of the molecule is COc1ccc(CC(=O)OCC(=O)c2ccc(Cl)cc2)cc1. The van der Waals surface area contributed by atoms with Crippen LogP contribution in [0.4, 0.5) is 0 Å². The molecular weight excluding hydrogens is 304 g/mol. The minimum Gasteiger partial charge on any atom is -0.497 e. The van der Waals surface area contributed by atoms with Crippen LogP contribution in [0, 0.1) is 0 Å². The quantitative estimate of drug-likeness (QED) is 0.605. The number of ether oxygens (including phenoxy) is 2. The second-order valence-electron chi connectivity index (χ2n) is 4.62. The van der Waals surface area contributed by atoms with Gasteiger partial charge in [-0.3, -0.25) is 9.59 Å². The van der Waals surface area contributed by atoms with Crippen molar-refractivity contribution < 1.29 is 19.1 Å². The Morgan fingerprint density at radius 3 is 2.23 bits per heavy atom. The van der Waals surface area contributed by atoms with Crippen LogP contribution in [0.25, 0.3) is 0 Å². The minimum atomic E-state index is -0.451. The third kappa shape index (κ3) is 4.60. The highest BCUT2D eigenvalue weighted by atomic mass is 35.5. The standard InChI is InChI=1S/C17H15ClO4/c1-21-15-8-2-12(3-9-15)10-17(20)22-11-16(19)13-4-6-14(18)7-5-13/h2-9H,10-11H2,1H3. The van der Waals surface area contributed by atoms with Gasteiger partial charge in [0.1, 0.15) is 5.75 Å². The number of carbonyl (C=O) groups excluding carboxylic acids is 2. The lowest BCUT2D eigenvalue weighted by Crippen LogP contribution is -2.15. The molecule has 0 aliphatic rings. The van der Waals surface area contributed by atoms with E-state index in [-0.39, 0.29) is 18.8 Å². The predicted molar refractivity (Wildman–Crippen MR) is 83.4 cm³/mol. The van der Waals surface area contributed by atoms with Crippen LogP contribution in [0.1, 0.15) is 15.9 Å². The smallest absolute Gasteiger partial charge is 0.310 e. The Bertz CT molecular complexity index is 647. The van der Waals surface area contributed by atoms with Crippen LogP contribution in [0.3, 0.4) is 0 Å². The molecule has 0 bridgehead atoms. The summed E-state index contributed by atoms with van der Waals surface area (Å²) in [6.45, 7) is -0.281. The van der Waals surface area contributed by atoms with Gasteiger partial charge in [-0.2, -0.15) is 0 Å². The molecule has 22 heavy (non-hydrogen) atoms. The van der Waals surface area contributed by atoms with Crippen molar-refractivity contribution in [3.05, 3.63) is 64.7 Å². The van der Waals surface area contributed by atoms with Gasteiger partial charge < -0.3 is 9.47 Å². The van der Waals surface area contributed by atoms with Crippen molar-refractivity contribution in [1.82, 2.24) is 0 Å². The van der Waals surface area contributed by atoms with Crippen molar-refractivity contribution in [2.75, 3.05) is 13.7 Å². The molecule has 0 saturated heterocycles. The van der Waals surface area contributed by atoms with Crippen LogP contribution in [-0.4, -0.2) is 25.5 Å². The first-order valence-corrected chi connectivity index (χ1v) is 7.03. The number of esters is 1. The second kappa shape index (κ2) is 7.61. The van der Waals surface area contributed by atoms with Crippen LogP contribution >= 0.6 is 11.6 Å². The average molecular weight is 319 g/mol. The van der Waals surface area contributed by atoms with Gasteiger partial charge in [0.15, 0.2) is 12.4 Å². The molecule has 0 spiro atoms. The molecule has 0 unspecified atom stereocenters. The Hall–Kier alpha value is -2.33. The zero-order chi connectivity index (χ0) is 15.9. The normalized spacial score (nSPS) is 10.1. The monoisotopic (exact) mass is 318 g/mol. The van der Waals surface area contributed by atoms with E-state index in [9.17, 15) is 9.59 Å². The van der Waals surface area contributed by atoms with Crippen molar-refractivity contribution in [3.8, 4) is 5.75 Å². The highest BCUT2D eigenvalue weighted by Gasteiger charge is 2.10. The number of Topliss-reactive ketones (excluding diaryl/α,β-unsaturated/α-hetero) is 1. The van der Waals surface area contributed by atoms with Gasteiger partial charge >= 0.3 is 5.97 Å². The van der Waals surface area contributed by atoms with Crippen LogP contribution in [0.2, 0.25) is 5.02 Å². The first kappa shape index (κ1) is 16.0. The maximum absolute atomic E-state index is 11.9. The number of benzene rings is 2. The zero-order valence-electron chi connectivity index (χ0n) is 12.0. The summed E-state index contributed by atoms with van der Waals surface area (Å²) < 4.78 is 10.0. The van der Waals surface area contributed by atoms with Gasteiger partial charge in [-0.15, -0.1) is 0 Å². The third-order valence-electron chi connectivity index (χ3n) is 3.04. The Kier molecular flexibility index (Phi) is 5.55. The molecule has 0 aliphatic heterocycles. The van der Waals surface area contributed by atoms with Gasteiger partial charge in [0, 0.05) is 10.6 Å². The lowest BCUT2D eigenvalue weighted by atomic mass is 10.1. The number of halogens is 1. The molecule has 0 amide bonds. The third-order valence-corrected chi connectivity index (χ3v) is 3.29. The summed E-state index contributed by atoms with van der Waals surface area (Å²) in [5, 5.41) is 0.549. The Morgan fingerprint density at radius 2 is 1.64 bits per heavy atom. The number of ketones is 1. The highest BCUT2D eigenvalue weighted by Crippen LogP contribution is 2.12. The molecule has 0 N–H and O–H groups in total. The van der Waals surface area contributed by atoms with Crippen molar-refractivity contribution in [2.45, 2.75) is 6.42 Å². The molecule has 0 aromatic heterocycles. The van der Waals surface area contributed by atoms with E-state index in [1.54, 1.807) is 55.6 Å². The van der Waals surface area contributed by atoms with E-state index < -0.39 is 5.97 Å². The van der Waals surface area contributed by atoms with Crippen molar-refractivity contribution in [1.29, 1.82) is 0 Å². The van der Waals surface area contributed by atoms with Gasteiger partial charge in [0.2, 0.25) is 0 Å². The number of methoxy groups -OCH3 is 1. The lowest BCUT2D eigenvalue weighted by Gasteiger charge is -2.05. The topological polar surface area (TPSA) is 52.6 Å². The molecule has 0 fully saturated rings. The largest absolute Gasteiger partial charge is 0.497 e. The summed E-state index contributed by atoms with van der Waals surface area (Å²) >= 11 is 5.75. The van der Waals surface area contributed by atoms with E-state index in [4.69, 9.17) is 21.1 Å². The van der Waals surface area contributed by atoms with E-state index >= 15 is 0 Å². The number of rotatable bonds is 6.